The molecular formula is C20H18O3. The molecule has 0 unspecified atom stereocenters. The van der Waals surface area contributed by atoms with Gasteiger partial charge in [0.2, 0.25) is 0 Å². The Hall–Kier alpha value is -2.42. The first-order chi connectivity index (χ1) is 11.3. The predicted molar refractivity (Wildman–Crippen MR) is 88.9 cm³/mol. The smallest absolute Gasteiger partial charge is 0.130 e. The second kappa shape index (κ2) is 4.79. The Labute approximate surface area is 135 Å². The molecule has 0 radical (unpaired) electrons. The summed E-state index contributed by atoms with van der Waals surface area (Å²) in [5.74, 6) is 2.70. The lowest BCUT2D eigenvalue weighted by Crippen LogP contribution is -2.11. The Morgan fingerprint density at radius 1 is 0.870 bits per heavy atom. The van der Waals surface area contributed by atoms with Crippen LogP contribution in [0, 0.1) is 0 Å². The SMILES string of the molecule is Oc1ccc2c(c1)OCCC1=C2COc2ccc(C3CC3)cc21. The molecule has 0 spiro atoms. The molecule has 0 bridgehead atoms. The third kappa shape index (κ3) is 2.11. The van der Waals surface area contributed by atoms with E-state index in [1.165, 1.54) is 35.1 Å². The van der Waals surface area contributed by atoms with Crippen LogP contribution in [0.1, 0.15) is 41.9 Å². The Kier molecular flexibility index (Phi) is 2.72. The summed E-state index contributed by atoms with van der Waals surface area (Å²) < 4.78 is 11.9. The van der Waals surface area contributed by atoms with Gasteiger partial charge in [0.25, 0.3) is 0 Å². The Morgan fingerprint density at radius 3 is 2.65 bits per heavy atom. The fourth-order valence-electron chi connectivity index (χ4n) is 3.65. The Balaban J connectivity index is 1.69. The summed E-state index contributed by atoms with van der Waals surface area (Å²) >= 11 is 0. The van der Waals surface area contributed by atoms with Gasteiger partial charge in [-0.25, -0.2) is 0 Å². The van der Waals surface area contributed by atoms with E-state index in [0.29, 0.717) is 13.2 Å². The number of hydrogen-bond donors (Lipinski definition) is 1. The maximum absolute atomic E-state index is 9.71. The van der Waals surface area contributed by atoms with Crippen LogP contribution in [0.2, 0.25) is 0 Å². The first-order valence-electron chi connectivity index (χ1n) is 8.25. The third-order valence-corrected chi connectivity index (χ3v) is 5.01. The lowest BCUT2D eigenvalue weighted by Gasteiger charge is -2.24. The van der Waals surface area contributed by atoms with Crippen LogP contribution in [0.4, 0.5) is 0 Å². The van der Waals surface area contributed by atoms with Crippen LogP contribution in [0.15, 0.2) is 36.4 Å². The summed E-state index contributed by atoms with van der Waals surface area (Å²) in [5.41, 5.74) is 6.21. The zero-order valence-corrected chi connectivity index (χ0v) is 12.8. The van der Waals surface area contributed by atoms with E-state index in [1.54, 1.807) is 12.1 Å². The van der Waals surface area contributed by atoms with Crippen molar-refractivity contribution in [3.8, 4) is 17.2 Å². The Morgan fingerprint density at radius 2 is 1.78 bits per heavy atom. The Bertz CT molecular complexity index is 831. The fraction of sp³-hybridized carbons (Fsp3) is 0.300. The minimum absolute atomic E-state index is 0.237. The second-order valence-electron chi connectivity index (χ2n) is 6.55. The number of benzene rings is 2. The van der Waals surface area contributed by atoms with Gasteiger partial charge in [0, 0.05) is 29.2 Å². The molecule has 3 aliphatic rings. The summed E-state index contributed by atoms with van der Waals surface area (Å²) in [6.45, 7) is 1.19. The molecule has 23 heavy (non-hydrogen) atoms. The van der Waals surface area contributed by atoms with Gasteiger partial charge >= 0.3 is 0 Å². The van der Waals surface area contributed by atoms with E-state index in [-0.39, 0.29) is 5.75 Å². The van der Waals surface area contributed by atoms with E-state index in [4.69, 9.17) is 9.47 Å². The van der Waals surface area contributed by atoms with Gasteiger partial charge in [-0.05, 0) is 54.2 Å². The van der Waals surface area contributed by atoms with Crippen molar-refractivity contribution in [1.29, 1.82) is 0 Å². The minimum Gasteiger partial charge on any atom is -0.508 e. The lowest BCUT2D eigenvalue weighted by atomic mass is 9.89. The van der Waals surface area contributed by atoms with E-state index < -0.39 is 0 Å². The molecule has 3 nitrogen and oxygen atoms in total. The molecule has 1 N–H and O–H groups in total. The molecule has 116 valence electrons. The number of phenols is 1. The van der Waals surface area contributed by atoms with Crippen LogP contribution in [-0.4, -0.2) is 18.3 Å². The maximum Gasteiger partial charge on any atom is 0.130 e. The maximum atomic E-state index is 9.71. The highest BCUT2D eigenvalue weighted by atomic mass is 16.5. The molecule has 0 amide bonds. The quantitative estimate of drug-likeness (QED) is 0.851. The largest absolute Gasteiger partial charge is 0.508 e. The minimum atomic E-state index is 0.237. The van der Waals surface area contributed by atoms with Crippen LogP contribution in [0.3, 0.4) is 0 Å². The molecule has 1 aliphatic carbocycles. The number of ether oxygens (including phenoxy) is 2. The number of fused-ring (bicyclic) bond motifs is 4. The van der Waals surface area contributed by atoms with Crippen molar-refractivity contribution in [1.82, 2.24) is 0 Å². The monoisotopic (exact) mass is 306 g/mol. The van der Waals surface area contributed by atoms with Gasteiger partial charge in [-0.15, -0.1) is 0 Å². The van der Waals surface area contributed by atoms with Gasteiger partial charge in [-0.1, -0.05) is 6.07 Å². The molecule has 0 aromatic heterocycles. The molecule has 0 saturated heterocycles. The molecule has 0 atom stereocenters. The summed E-state index contributed by atoms with van der Waals surface area (Å²) in [4.78, 5) is 0. The van der Waals surface area contributed by atoms with Gasteiger partial charge in [0.1, 0.15) is 23.9 Å². The van der Waals surface area contributed by atoms with E-state index >= 15 is 0 Å². The van der Waals surface area contributed by atoms with Gasteiger partial charge in [-0.2, -0.15) is 0 Å². The van der Waals surface area contributed by atoms with Crippen LogP contribution in [-0.2, 0) is 0 Å². The number of rotatable bonds is 1. The van der Waals surface area contributed by atoms with Gasteiger partial charge < -0.3 is 14.6 Å². The van der Waals surface area contributed by atoms with Crippen LogP contribution in [0.25, 0.3) is 11.1 Å². The van der Waals surface area contributed by atoms with Crippen molar-refractivity contribution >= 4 is 11.1 Å². The summed E-state index contributed by atoms with van der Waals surface area (Å²) in [5, 5.41) is 9.71. The normalized spacial score (nSPS) is 19.0. The van der Waals surface area contributed by atoms with Crippen LogP contribution < -0.4 is 9.47 Å². The van der Waals surface area contributed by atoms with Gasteiger partial charge in [0.15, 0.2) is 0 Å². The van der Waals surface area contributed by atoms with Crippen molar-refractivity contribution < 1.29 is 14.6 Å². The van der Waals surface area contributed by atoms with Crippen molar-refractivity contribution in [2.75, 3.05) is 13.2 Å². The first kappa shape index (κ1) is 13.1. The molecule has 2 aromatic carbocycles. The van der Waals surface area contributed by atoms with E-state index in [1.807, 2.05) is 6.07 Å². The molecule has 2 heterocycles. The molecule has 1 saturated carbocycles. The molecular weight excluding hydrogens is 288 g/mol. The fourth-order valence-corrected chi connectivity index (χ4v) is 3.65. The van der Waals surface area contributed by atoms with Gasteiger partial charge in [0.05, 0.1) is 6.61 Å². The zero-order chi connectivity index (χ0) is 15.4. The van der Waals surface area contributed by atoms with Crippen molar-refractivity contribution in [3.63, 3.8) is 0 Å². The van der Waals surface area contributed by atoms with Crippen molar-refractivity contribution in [2.24, 2.45) is 0 Å². The average Bonchev–Trinajstić information content (AvgIpc) is 3.40. The first-order valence-corrected chi connectivity index (χ1v) is 8.25. The van der Waals surface area contributed by atoms with Crippen molar-refractivity contribution in [3.05, 3.63) is 53.1 Å². The molecule has 1 fully saturated rings. The average molecular weight is 306 g/mol. The van der Waals surface area contributed by atoms with E-state index in [2.05, 4.69) is 18.2 Å². The number of phenolic OH excluding ortho intramolecular Hbond substituents is 1. The number of aromatic hydroxyl groups is 1. The highest BCUT2D eigenvalue weighted by Gasteiger charge is 2.29. The van der Waals surface area contributed by atoms with Crippen LogP contribution >= 0.6 is 0 Å². The summed E-state index contributed by atoms with van der Waals surface area (Å²) in [7, 11) is 0. The predicted octanol–water partition coefficient (Wildman–Crippen LogP) is 4.36. The standard InChI is InChI=1S/C20H18O3/c21-14-4-5-16-18-11-23-19-6-3-13(12-1-2-12)9-17(19)15(18)7-8-22-20(16)10-14/h3-6,9-10,12,21H,1-2,7-8,11H2. The molecule has 3 heteroatoms. The van der Waals surface area contributed by atoms with E-state index in [0.717, 1.165) is 29.4 Å². The number of hydrogen-bond acceptors (Lipinski definition) is 3. The zero-order valence-electron chi connectivity index (χ0n) is 12.8. The second-order valence-corrected chi connectivity index (χ2v) is 6.55. The summed E-state index contributed by atoms with van der Waals surface area (Å²) in [6.07, 6.45) is 3.47. The topological polar surface area (TPSA) is 38.7 Å². The third-order valence-electron chi connectivity index (χ3n) is 5.01. The molecule has 2 aromatic rings. The van der Waals surface area contributed by atoms with Crippen molar-refractivity contribution in [2.45, 2.75) is 25.2 Å². The summed E-state index contributed by atoms with van der Waals surface area (Å²) in [6, 6.07) is 12.0. The molecule has 2 aliphatic heterocycles. The highest BCUT2D eigenvalue weighted by Crippen LogP contribution is 2.47. The lowest BCUT2D eigenvalue weighted by molar-refractivity contribution is 0.326. The molecule has 5 rings (SSSR count). The highest BCUT2D eigenvalue weighted by molar-refractivity contribution is 5.96. The van der Waals surface area contributed by atoms with Gasteiger partial charge in [-0.3, -0.25) is 0 Å². The van der Waals surface area contributed by atoms with E-state index in [9.17, 15) is 5.11 Å². The van der Waals surface area contributed by atoms with Crippen LogP contribution in [0.5, 0.6) is 17.2 Å².